The molecule has 1 saturated heterocycles. The van der Waals surface area contributed by atoms with Crippen molar-refractivity contribution in [2.45, 2.75) is 57.3 Å². The van der Waals surface area contributed by atoms with E-state index in [9.17, 15) is 26.7 Å². The van der Waals surface area contributed by atoms with Gasteiger partial charge < -0.3 is 15.1 Å². The van der Waals surface area contributed by atoms with Gasteiger partial charge in [0.15, 0.2) is 5.82 Å². The van der Waals surface area contributed by atoms with Crippen LogP contribution in [0.1, 0.15) is 54.1 Å². The number of aryl methyl sites for hydroxylation is 2. The molecule has 2 aromatic heterocycles. The van der Waals surface area contributed by atoms with Crippen LogP contribution in [0.5, 0.6) is 0 Å². The van der Waals surface area contributed by atoms with Gasteiger partial charge in [-0.2, -0.15) is 23.4 Å². The number of carbonyl (C=O) groups is 1. The molecule has 3 aromatic rings. The Bertz CT molecular complexity index is 1490. The maximum atomic E-state index is 14.5. The van der Waals surface area contributed by atoms with E-state index in [4.69, 9.17) is 5.10 Å². The third kappa shape index (κ3) is 5.80. The lowest BCUT2D eigenvalue weighted by Gasteiger charge is -2.34. The molecule has 5 heterocycles. The molecule has 0 spiro atoms. The van der Waals surface area contributed by atoms with Crippen LogP contribution in [0.4, 0.5) is 38.3 Å². The number of rotatable bonds is 5. The first-order chi connectivity index (χ1) is 20.5. The molecule has 2 amide bonds. The molecule has 9 nitrogen and oxygen atoms in total. The summed E-state index contributed by atoms with van der Waals surface area (Å²) in [5.74, 6) is 0.622. The van der Waals surface area contributed by atoms with E-state index in [1.165, 1.54) is 4.90 Å². The van der Waals surface area contributed by atoms with Gasteiger partial charge in [0, 0.05) is 81.0 Å². The lowest BCUT2D eigenvalue weighted by atomic mass is 9.92. The van der Waals surface area contributed by atoms with Gasteiger partial charge in [0.25, 0.3) is 6.43 Å². The van der Waals surface area contributed by atoms with Crippen molar-refractivity contribution in [1.82, 2.24) is 34.7 Å². The summed E-state index contributed by atoms with van der Waals surface area (Å²) >= 11 is 0. The Labute approximate surface area is 246 Å². The summed E-state index contributed by atoms with van der Waals surface area (Å²) in [6.07, 6.45) is -0.573. The number of anilines is 2. The highest BCUT2D eigenvalue weighted by atomic mass is 19.4. The second kappa shape index (κ2) is 11.4. The Morgan fingerprint density at radius 2 is 1.88 bits per heavy atom. The van der Waals surface area contributed by atoms with Crippen molar-refractivity contribution in [2.24, 2.45) is 7.05 Å². The average Bonchev–Trinajstić information content (AvgIpc) is 3.58. The van der Waals surface area contributed by atoms with Crippen molar-refractivity contribution in [3.8, 4) is 11.1 Å². The molecule has 0 atom stereocenters. The van der Waals surface area contributed by atoms with Gasteiger partial charge in [0.05, 0.1) is 25.3 Å². The number of hydrogen-bond acceptors (Lipinski definition) is 5. The van der Waals surface area contributed by atoms with Gasteiger partial charge in [-0.3, -0.25) is 14.3 Å². The fraction of sp³-hybridized carbons (Fsp3) is 0.552. The number of hydrogen-bond donors (Lipinski definition) is 1. The summed E-state index contributed by atoms with van der Waals surface area (Å²) in [6.45, 7) is 1.03. The number of carbonyl (C=O) groups excluding carboxylic acids is 1. The van der Waals surface area contributed by atoms with Crippen molar-refractivity contribution < 1.29 is 26.7 Å². The first kappa shape index (κ1) is 29.4. The van der Waals surface area contributed by atoms with Crippen molar-refractivity contribution in [2.75, 3.05) is 44.7 Å². The summed E-state index contributed by atoms with van der Waals surface area (Å²) in [5, 5.41) is 11.9. The molecule has 0 unspecified atom stereocenters. The van der Waals surface area contributed by atoms with E-state index in [0.29, 0.717) is 81.0 Å². The molecule has 1 aromatic carbocycles. The van der Waals surface area contributed by atoms with E-state index in [-0.39, 0.29) is 17.6 Å². The number of piperidine rings is 1. The van der Waals surface area contributed by atoms with Gasteiger partial charge in [-0.25, -0.2) is 13.6 Å². The summed E-state index contributed by atoms with van der Waals surface area (Å²) in [6, 6.07) is 3.08. The van der Waals surface area contributed by atoms with Crippen LogP contribution in [-0.2, 0) is 26.4 Å². The van der Waals surface area contributed by atoms with Crippen molar-refractivity contribution in [3.63, 3.8) is 0 Å². The minimum absolute atomic E-state index is 0.0871. The lowest BCUT2D eigenvalue weighted by molar-refractivity contribution is -0.148. The number of fused-ring (bicyclic) bond motifs is 2. The highest BCUT2D eigenvalue weighted by Crippen LogP contribution is 2.43. The lowest BCUT2D eigenvalue weighted by Crippen LogP contribution is -2.42. The van der Waals surface area contributed by atoms with Crippen LogP contribution in [0.15, 0.2) is 24.5 Å². The largest absolute Gasteiger partial charge is 0.401 e. The molecular weight excluding hydrogens is 571 g/mol. The van der Waals surface area contributed by atoms with Crippen LogP contribution < -0.4 is 10.2 Å². The monoisotopic (exact) mass is 606 g/mol. The molecule has 0 saturated carbocycles. The van der Waals surface area contributed by atoms with Crippen molar-refractivity contribution in [3.05, 3.63) is 46.9 Å². The second-order valence-corrected chi connectivity index (χ2v) is 11.6. The average molecular weight is 607 g/mol. The number of likely N-dealkylation sites (tertiary alicyclic amines) is 1. The Kier molecular flexibility index (Phi) is 7.82. The molecule has 0 radical (unpaired) electrons. The Hall–Kier alpha value is -3.68. The quantitative estimate of drug-likeness (QED) is 0.404. The molecule has 1 N–H and O–H groups in total. The maximum absolute atomic E-state index is 14.5. The third-order valence-corrected chi connectivity index (χ3v) is 8.75. The Balaban J connectivity index is 1.39. The zero-order valence-electron chi connectivity index (χ0n) is 24.2. The molecule has 0 aliphatic carbocycles. The van der Waals surface area contributed by atoms with Gasteiger partial charge >= 0.3 is 12.2 Å². The summed E-state index contributed by atoms with van der Waals surface area (Å²) in [4.78, 5) is 17.7. The van der Waals surface area contributed by atoms with Crippen LogP contribution in [0.2, 0.25) is 0 Å². The number of nitrogens with one attached hydrogen (secondary N) is 1. The van der Waals surface area contributed by atoms with E-state index < -0.39 is 19.1 Å². The zero-order valence-corrected chi connectivity index (χ0v) is 24.2. The minimum Gasteiger partial charge on any atom is -0.341 e. The number of nitrogens with zero attached hydrogens (tertiary/aromatic N) is 7. The van der Waals surface area contributed by atoms with Gasteiger partial charge in [0.2, 0.25) is 0 Å². The van der Waals surface area contributed by atoms with Crippen LogP contribution in [-0.4, -0.2) is 81.3 Å². The van der Waals surface area contributed by atoms with E-state index in [2.05, 4.69) is 10.4 Å². The first-order valence-electron chi connectivity index (χ1n) is 14.6. The third-order valence-electron chi connectivity index (χ3n) is 8.75. The zero-order chi connectivity index (χ0) is 30.5. The van der Waals surface area contributed by atoms with Crippen LogP contribution >= 0.6 is 0 Å². The Morgan fingerprint density at radius 3 is 2.53 bits per heavy atom. The van der Waals surface area contributed by atoms with Gasteiger partial charge in [0.1, 0.15) is 0 Å². The number of aromatic nitrogens is 4. The number of urea groups is 1. The minimum atomic E-state index is -4.25. The van der Waals surface area contributed by atoms with Crippen LogP contribution in [0, 0.1) is 0 Å². The molecule has 43 heavy (non-hydrogen) atoms. The predicted octanol–water partition coefficient (Wildman–Crippen LogP) is 5.20. The molecule has 0 bridgehead atoms. The smallest absolute Gasteiger partial charge is 0.341 e. The molecule has 3 aliphatic heterocycles. The molecule has 14 heteroatoms. The number of alkyl halides is 5. The fourth-order valence-electron chi connectivity index (χ4n) is 6.71. The molecular formula is C29H35F5N8O. The molecule has 6 rings (SSSR count). The summed E-state index contributed by atoms with van der Waals surface area (Å²) in [5.41, 5.74) is 4.39. The van der Waals surface area contributed by atoms with E-state index in [1.807, 2.05) is 15.6 Å². The summed E-state index contributed by atoms with van der Waals surface area (Å²) < 4.78 is 71.4. The van der Waals surface area contributed by atoms with Crippen LogP contribution in [0.3, 0.4) is 0 Å². The first-order valence-corrected chi connectivity index (χ1v) is 14.6. The fourth-order valence-corrected chi connectivity index (χ4v) is 6.71. The van der Waals surface area contributed by atoms with Crippen molar-refractivity contribution >= 4 is 17.5 Å². The molecule has 3 aliphatic rings. The van der Waals surface area contributed by atoms with E-state index in [1.54, 1.807) is 42.1 Å². The van der Waals surface area contributed by atoms with E-state index >= 15 is 0 Å². The number of benzene rings is 1. The number of amides is 2. The van der Waals surface area contributed by atoms with Crippen LogP contribution in [0.25, 0.3) is 11.1 Å². The summed E-state index contributed by atoms with van der Waals surface area (Å²) in [7, 11) is 3.32. The predicted molar refractivity (Wildman–Crippen MR) is 150 cm³/mol. The van der Waals surface area contributed by atoms with Gasteiger partial charge in [-0.1, -0.05) is 0 Å². The van der Waals surface area contributed by atoms with Gasteiger partial charge in [-0.15, -0.1) is 0 Å². The Morgan fingerprint density at radius 1 is 1.12 bits per heavy atom. The van der Waals surface area contributed by atoms with E-state index in [0.717, 1.165) is 23.2 Å². The highest BCUT2D eigenvalue weighted by molar-refractivity contribution is 5.78. The maximum Gasteiger partial charge on any atom is 0.401 e. The topological polar surface area (TPSA) is 74.5 Å². The van der Waals surface area contributed by atoms with Crippen molar-refractivity contribution in [1.29, 1.82) is 0 Å². The molecule has 1 fully saturated rings. The molecule has 232 valence electrons. The SMILES string of the molecule is CNC(=O)N1CCc2c(c(N3CCCc4cc(-c5cnn(C)c5)c(C(F)F)cc43)nn2C2CCN(CC(F)(F)F)CC2)C1. The highest BCUT2D eigenvalue weighted by Gasteiger charge is 2.37. The number of halogens is 5. The van der Waals surface area contributed by atoms with Gasteiger partial charge in [-0.05, 0) is 48.9 Å². The normalized spacial score (nSPS) is 18.2. The second-order valence-electron chi connectivity index (χ2n) is 11.6. The standard InChI is InChI=1S/C29H35F5N8O/c1-35-28(43)40-11-7-24-23(16-40)27(37-42(24)20-5-9-39(10-6-20)17-29(32,33)34)41-8-3-4-18-12-21(19-14-36-38(2)15-19)22(26(30)31)13-25(18)41/h12-15,20,26H,3-11,16-17H2,1-2H3,(H,35,43).